The van der Waals surface area contributed by atoms with Gasteiger partial charge in [0.25, 0.3) is 5.91 Å². The van der Waals surface area contributed by atoms with E-state index in [-0.39, 0.29) is 5.91 Å². The average molecular weight is 346 g/mol. The number of fused-ring (bicyclic) bond motifs is 1. The van der Waals surface area contributed by atoms with Gasteiger partial charge in [0.15, 0.2) is 0 Å². The third-order valence-electron chi connectivity index (χ3n) is 4.42. The maximum atomic E-state index is 13.1. The number of hydrogen-bond donors (Lipinski definition) is 1. The van der Waals surface area contributed by atoms with Gasteiger partial charge < -0.3 is 14.7 Å². The molecule has 6 nitrogen and oxygen atoms in total. The van der Waals surface area contributed by atoms with Crippen molar-refractivity contribution in [2.75, 3.05) is 21.3 Å². The molecule has 0 bridgehead atoms. The van der Waals surface area contributed by atoms with Gasteiger partial charge in [0, 0.05) is 25.2 Å². The van der Waals surface area contributed by atoms with Gasteiger partial charge in [0.05, 0.1) is 18.2 Å². The van der Waals surface area contributed by atoms with E-state index >= 15 is 0 Å². The number of aliphatic hydroxyl groups is 1. The van der Waals surface area contributed by atoms with Crippen molar-refractivity contribution >= 4 is 22.8 Å². The van der Waals surface area contributed by atoms with Crippen LogP contribution < -0.4 is 0 Å². The lowest BCUT2D eigenvalue weighted by Gasteiger charge is -2.33. The number of benzene rings is 1. The minimum absolute atomic E-state index is 0.223. The Bertz CT molecular complexity index is 784. The largest absolute Gasteiger partial charge is 0.467 e. The Morgan fingerprint density at radius 3 is 2.28 bits per heavy atom. The van der Waals surface area contributed by atoms with Crippen LogP contribution >= 0.6 is 0 Å². The fourth-order valence-corrected chi connectivity index (χ4v) is 2.51. The molecule has 1 amide bonds. The first kappa shape index (κ1) is 20.6. The second-order valence-corrected chi connectivity index (χ2v) is 6.13. The van der Waals surface area contributed by atoms with Crippen LogP contribution in [0.25, 0.3) is 10.9 Å². The summed E-state index contributed by atoms with van der Waals surface area (Å²) in [7, 11) is 3.93. The molecule has 0 radical (unpaired) electrons. The van der Waals surface area contributed by atoms with Crippen molar-refractivity contribution < 1.29 is 19.4 Å². The standard InChI is InChI=1S/C18H22N2O3.CH4O/c1-11-12(2)19-14-10-8-7-9-13(14)15(11)16(21)20(5)18(3,4)17(22)23-6;1-2/h7-10H,1-6H3;2H,1H3. The third-order valence-corrected chi connectivity index (χ3v) is 4.42. The molecule has 0 unspecified atom stereocenters. The molecule has 0 spiro atoms. The fourth-order valence-electron chi connectivity index (χ4n) is 2.51. The molecule has 0 saturated carbocycles. The molecule has 0 fully saturated rings. The molecule has 0 saturated heterocycles. The van der Waals surface area contributed by atoms with Crippen LogP contribution in [0.2, 0.25) is 0 Å². The van der Waals surface area contributed by atoms with E-state index < -0.39 is 11.5 Å². The zero-order valence-electron chi connectivity index (χ0n) is 15.9. The number of para-hydroxylation sites is 1. The van der Waals surface area contributed by atoms with E-state index in [1.54, 1.807) is 20.9 Å². The SMILES string of the molecule is CO.COC(=O)C(C)(C)N(C)C(=O)c1c(C)c(C)nc2ccccc12. The number of methoxy groups -OCH3 is 1. The second-order valence-electron chi connectivity index (χ2n) is 6.13. The lowest BCUT2D eigenvalue weighted by atomic mass is 9.97. The summed E-state index contributed by atoms with van der Waals surface area (Å²) in [6.07, 6.45) is 0. The Kier molecular flexibility index (Phi) is 6.64. The molecule has 1 N–H and O–H groups in total. The number of carbonyl (C=O) groups is 2. The maximum Gasteiger partial charge on any atom is 0.331 e. The van der Waals surface area contributed by atoms with Crippen molar-refractivity contribution in [1.29, 1.82) is 0 Å². The molecular weight excluding hydrogens is 320 g/mol. The monoisotopic (exact) mass is 346 g/mol. The highest BCUT2D eigenvalue weighted by Crippen LogP contribution is 2.26. The van der Waals surface area contributed by atoms with Crippen molar-refractivity contribution in [3.63, 3.8) is 0 Å². The number of pyridine rings is 1. The predicted octanol–water partition coefficient (Wildman–Crippen LogP) is 2.48. The van der Waals surface area contributed by atoms with Crippen LogP contribution in [0.5, 0.6) is 0 Å². The average Bonchev–Trinajstić information content (AvgIpc) is 2.62. The van der Waals surface area contributed by atoms with Crippen LogP contribution in [-0.4, -0.2) is 53.7 Å². The van der Waals surface area contributed by atoms with E-state index in [0.717, 1.165) is 29.3 Å². The summed E-state index contributed by atoms with van der Waals surface area (Å²) in [5.41, 5.74) is 1.91. The summed E-state index contributed by atoms with van der Waals surface area (Å²) in [6, 6.07) is 7.52. The molecule has 0 aliphatic rings. The van der Waals surface area contributed by atoms with Crippen LogP contribution in [-0.2, 0) is 9.53 Å². The lowest BCUT2D eigenvalue weighted by molar-refractivity contribution is -0.150. The smallest absolute Gasteiger partial charge is 0.331 e. The minimum Gasteiger partial charge on any atom is -0.467 e. The van der Waals surface area contributed by atoms with Gasteiger partial charge in [0.2, 0.25) is 0 Å². The molecule has 2 aromatic rings. The molecule has 25 heavy (non-hydrogen) atoms. The van der Waals surface area contributed by atoms with E-state index in [1.807, 2.05) is 38.1 Å². The first-order valence-electron chi connectivity index (χ1n) is 7.89. The van der Waals surface area contributed by atoms with E-state index in [2.05, 4.69) is 4.98 Å². The molecular formula is C19H26N2O4. The van der Waals surface area contributed by atoms with Crippen LogP contribution in [0.1, 0.15) is 35.5 Å². The Labute approximate surface area is 148 Å². The molecule has 136 valence electrons. The first-order valence-corrected chi connectivity index (χ1v) is 7.89. The molecule has 1 aromatic carbocycles. The topological polar surface area (TPSA) is 79.7 Å². The van der Waals surface area contributed by atoms with Gasteiger partial charge in [-0.1, -0.05) is 18.2 Å². The van der Waals surface area contributed by atoms with Crippen molar-refractivity contribution in [3.8, 4) is 0 Å². The number of esters is 1. The normalized spacial score (nSPS) is 10.7. The third kappa shape index (κ3) is 3.79. The summed E-state index contributed by atoms with van der Waals surface area (Å²) in [4.78, 5) is 31.0. The summed E-state index contributed by atoms with van der Waals surface area (Å²) in [5.74, 6) is -0.680. The number of aromatic nitrogens is 1. The number of carbonyl (C=O) groups excluding carboxylic acids is 2. The highest BCUT2D eigenvalue weighted by molar-refractivity contribution is 6.08. The number of aliphatic hydroxyl groups excluding tert-OH is 1. The van der Waals surface area contributed by atoms with Crippen molar-refractivity contribution in [2.24, 2.45) is 0 Å². The maximum absolute atomic E-state index is 13.1. The zero-order chi connectivity index (χ0) is 19.4. The fraction of sp³-hybridized carbons (Fsp3) is 0.421. The number of nitrogens with zero attached hydrogens (tertiary/aromatic N) is 2. The van der Waals surface area contributed by atoms with Crippen molar-refractivity contribution in [1.82, 2.24) is 9.88 Å². The van der Waals surface area contributed by atoms with Crippen LogP contribution in [0.3, 0.4) is 0 Å². The van der Waals surface area contributed by atoms with Crippen LogP contribution in [0.4, 0.5) is 0 Å². The molecule has 6 heteroatoms. The van der Waals surface area contributed by atoms with Gasteiger partial charge in [-0.2, -0.15) is 0 Å². The number of aryl methyl sites for hydroxylation is 1. The van der Waals surface area contributed by atoms with Gasteiger partial charge in [-0.15, -0.1) is 0 Å². The molecule has 1 aromatic heterocycles. The zero-order valence-corrected chi connectivity index (χ0v) is 15.9. The molecule has 1 heterocycles. The molecule has 0 aliphatic heterocycles. The Hall–Kier alpha value is -2.47. The number of amides is 1. The van der Waals surface area contributed by atoms with E-state index in [0.29, 0.717) is 5.56 Å². The summed E-state index contributed by atoms with van der Waals surface area (Å²) in [6.45, 7) is 7.09. The summed E-state index contributed by atoms with van der Waals surface area (Å²) < 4.78 is 4.82. The Morgan fingerprint density at radius 2 is 1.72 bits per heavy atom. The van der Waals surface area contributed by atoms with E-state index in [4.69, 9.17) is 9.84 Å². The minimum atomic E-state index is -1.06. The van der Waals surface area contributed by atoms with Gasteiger partial charge in [-0.3, -0.25) is 9.78 Å². The van der Waals surface area contributed by atoms with Crippen molar-refractivity contribution in [3.05, 3.63) is 41.1 Å². The lowest BCUT2D eigenvalue weighted by Crippen LogP contribution is -2.51. The van der Waals surface area contributed by atoms with Gasteiger partial charge >= 0.3 is 5.97 Å². The Morgan fingerprint density at radius 1 is 1.16 bits per heavy atom. The first-order chi connectivity index (χ1) is 11.7. The quantitative estimate of drug-likeness (QED) is 0.864. The highest BCUT2D eigenvalue weighted by atomic mass is 16.5. The van der Waals surface area contributed by atoms with Crippen LogP contribution in [0, 0.1) is 13.8 Å². The number of ether oxygens (including phenoxy) is 1. The van der Waals surface area contributed by atoms with Gasteiger partial charge in [0.1, 0.15) is 5.54 Å². The predicted molar refractivity (Wildman–Crippen MR) is 97.5 cm³/mol. The van der Waals surface area contributed by atoms with E-state index in [1.165, 1.54) is 12.0 Å². The summed E-state index contributed by atoms with van der Waals surface area (Å²) in [5, 5.41) is 7.79. The van der Waals surface area contributed by atoms with E-state index in [9.17, 15) is 9.59 Å². The molecule has 2 rings (SSSR count). The summed E-state index contributed by atoms with van der Waals surface area (Å²) >= 11 is 0. The Balaban J connectivity index is 0.00000151. The molecule has 0 atom stereocenters. The number of hydrogen-bond acceptors (Lipinski definition) is 5. The van der Waals surface area contributed by atoms with Gasteiger partial charge in [-0.25, -0.2) is 4.79 Å². The highest BCUT2D eigenvalue weighted by Gasteiger charge is 2.37. The second kappa shape index (κ2) is 8.07. The van der Waals surface area contributed by atoms with Crippen molar-refractivity contribution in [2.45, 2.75) is 33.2 Å². The molecule has 0 aliphatic carbocycles. The van der Waals surface area contributed by atoms with Gasteiger partial charge in [-0.05, 0) is 39.3 Å². The van der Waals surface area contributed by atoms with Crippen LogP contribution in [0.15, 0.2) is 24.3 Å². The number of likely N-dealkylation sites (N-methyl/N-ethyl adjacent to an activating group) is 1. The number of rotatable bonds is 3.